The highest BCUT2D eigenvalue weighted by atomic mass is 32.2. The van der Waals surface area contributed by atoms with E-state index in [2.05, 4.69) is 13.5 Å². The zero-order valence-corrected chi connectivity index (χ0v) is 20.6. The Hall–Kier alpha value is -2.59. The van der Waals surface area contributed by atoms with Gasteiger partial charge in [-0.05, 0) is 61.2 Å². The molecule has 1 fully saturated rings. The first kappa shape index (κ1) is 27.0. The lowest BCUT2D eigenvalue weighted by molar-refractivity contribution is -0.0500. The molecule has 2 aromatic carbocycles. The number of nitrogens with zero attached hydrogens (tertiary/aromatic N) is 1. The number of likely N-dealkylation sites (tertiary alicyclic amines) is 1. The maximum Gasteiger partial charge on any atom is 0.534 e. The second-order valence-electron chi connectivity index (χ2n) is 8.85. The van der Waals surface area contributed by atoms with Crippen LogP contribution < -0.4 is 4.18 Å². The van der Waals surface area contributed by atoms with Gasteiger partial charge in [-0.1, -0.05) is 44.7 Å². The maximum atomic E-state index is 13.7. The summed E-state index contributed by atoms with van der Waals surface area (Å²) in [6.45, 7) is 8.89. The topological polar surface area (TPSA) is 55.8 Å². The lowest BCUT2D eigenvalue weighted by Gasteiger charge is -2.38. The van der Waals surface area contributed by atoms with Gasteiger partial charge in [0, 0.05) is 11.5 Å². The molecule has 1 heterocycles. The standard InChI is InChI=1S/C25H29F4NO4S/c1-16-11-13-30(14-12-16)24(19-5-8-21(26)9-6-19)22-10-7-20(17(2)18(3)33-4)15-23(22)34-35(31,32)25(27,28)29/h5-10,15-17,24H,3,11-14H2,1-2,4H3. The molecule has 10 heteroatoms. The summed E-state index contributed by atoms with van der Waals surface area (Å²) in [6.07, 6.45) is 1.72. The second kappa shape index (κ2) is 10.6. The van der Waals surface area contributed by atoms with E-state index in [1.54, 1.807) is 31.2 Å². The number of rotatable bonds is 8. The Morgan fingerprint density at radius 2 is 1.66 bits per heavy atom. The van der Waals surface area contributed by atoms with Crippen molar-refractivity contribution in [1.29, 1.82) is 0 Å². The number of piperidine rings is 1. The number of hydrogen-bond donors (Lipinski definition) is 0. The highest BCUT2D eigenvalue weighted by Crippen LogP contribution is 2.41. The molecule has 2 aromatic rings. The number of methoxy groups -OCH3 is 1. The number of ether oxygens (including phenoxy) is 1. The van der Waals surface area contributed by atoms with Gasteiger partial charge in [0.05, 0.1) is 18.9 Å². The van der Waals surface area contributed by atoms with Crippen molar-refractivity contribution in [3.8, 4) is 5.75 Å². The number of hydrogen-bond acceptors (Lipinski definition) is 5. The Morgan fingerprint density at radius 1 is 1.09 bits per heavy atom. The summed E-state index contributed by atoms with van der Waals surface area (Å²) in [5.74, 6) is -0.515. The van der Waals surface area contributed by atoms with Crippen molar-refractivity contribution in [1.82, 2.24) is 4.90 Å². The van der Waals surface area contributed by atoms with Gasteiger partial charge in [0.1, 0.15) is 11.6 Å². The molecule has 1 aliphatic heterocycles. The lowest BCUT2D eigenvalue weighted by atomic mass is 9.90. The zero-order valence-electron chi connectivity index (χ0n) is 19.8. The number of allylic oxidation sites excluding steroid dienone is 1. The smallest absolute Gasteiger partial charge is 0.501 e. The van der Waals surface area contributed by atoms with E-state index in [9.17, 15) is 26.0 Å². The van der Waals surface area contributed by atoms with Gasteiger partial charge in [0.15, 0.2) is 0 Å². The summed E-state index contributed by atoms with van der Waals surface area (Å²) < 4.78 is 87.3. The van der Waals surface area contributed by atoms with Crippen molar-refractivity contribution in [3.05, 3.63) is 77.3 Å². The van der Waals surface area contributed by atoms with Gasteiger partial charge >= 0.3 is 15.6 Å². The van der Waals surface area contributed by atoms with Crippen molar-refractivity contribution >= 4 is 10.1 Å². The van der Waals surface area contributed by atoms with Crippen molar-refractivity contribution in [3.63, 3.8) is 0 Å². The molecule has 0 aliphatic carbocycles. The zero-order chi connectivity index (χ0) is 26.0. The molecule has 0 spiro atoms. The Morgan fingerprint density at radius 3 is 2.20 bits per heavy atom. The molecule has 1 aliphatic rings. The van der Waals surface area contributed by atoms with Crippen LogP contribution in [0.1, 0.15) is 55.3 Å². The molecule has 3 rings (SSSR count). The molecule has 0 radical (unpaired) electrons. The van der Waals surface area contributed by atoms with Crippen LogP contribution in [0, 0.1) is 11.7 Å². The van der Waals surface area contributed by atoms with Crippen LogP contribution in [0.5, 0.6) is 5.75 Å². The van der Waals surface area contributed by atoms with Crippen LogP contribution >= 0.6 is 0 Å². The van der Waals surface area contributed by atoms with Crippen LogP contribution in [0.2, 0.25) is 0 Å². The molecule has 0 amide bonds. The molecular formula is C25H29F4NO4S. The van der Waals surface area contributed by atoms with Gasteiger partial charge in [-0.2, -0.15) is 21.6 Å². The summed E-state index contributed by atoms with van der Waals surface area (Å²) in [5.41, 5.74) is -4.29. The van der Waals surface area contributed by atoms with Crippen LogP contribution in [0.25, 0.3) is 0 Å². The maximum absolute atomic E-state index is 13.7. The molecule has 0 N–H and O–H groups in total. The van der Waals surface area contributed by atoms with Crippen LogP contribution in [-0.4, -0.2) is 39.0 Å². The summed E-state index contributed by atoms with van der Waals surface area (Å²) in [7, 11) is -4.52. The van der Waals surface area contributed by atoms with Crippen molar-refractivity contribution in [2.75, 3.05) is 20.2 Å². The molecule has 5 nitrogen and oxygen atoms in total. The minimum atomic E-state index is -5.94. The molecule has 2 unspecified atom stereocenters. The van der Waals surface area contributed by atoms with E-state index >= 15 is 0 Å². The highest BCUT2D eigenvalue weighted by molar-refractivity contribution is 7.88. The largest absolute Gasteiger partial charge is 0.534 e. The van der Waals surface area contributed by atoms with Gasteiger partial charge < -0.3 is 8.92 Å². The van der Waals surface area contributed by atoms with E-state index in [1.165, 1.54) is 25.3 Å². The van der Waals surface area contributed by atoms with Crippen LogP contribution in [0.15, 0.2) is 54.8 Å². The molecule has 0 aromatic heterocycles. The highest BCUT2D eigenvalue weighted by Gasteiger charge is 2.49. The Bertz CT molecular complexity index is 1140. The minimum Gasteiger partial charge on any atom is -0.501 e. The van der Waals surface area contributed by atoms with Crippen LogP contribution in [0.3, 0.4) is 0 Å². The van der Waals surface area contributed by atoms with E-state index in [1.807, 2.05) is 4.90 Å². The number of alkyl halides is 3. The predicted molar refractivity (Wildman–Crippen MR) is 125 cm³/mol. The molecule has 0 saturated carbocycles. The molecule has 2 atom stereocenters. The van der Waals surface area contributed by atoms with Gasteiger partial charge in [-0.25, -0.2) is 4.39 Å². The average molecular weight is 516 g/mol. The first-order valence-electron chi connectivity index (χ1n) is 11.2. The van der Waals surface area contributed by atoms with Gasteiger partial charge in [0.25, 0.3) is 0 Å². The van der Waals surface area contributed by atoms with Gasteiger partial charge in [-0.15, -0.1) is 0 Å². The number of benzene rings is 2. The first-order chi connectivity index (χ1) is 16.3. The third-order valence-electron chi connectivity index (χ3n) is 6.43. The normalized spacial score (nSPS) is 17.6. The van der Waals surface area contributed by atoms with Gasteiger partial charge in [0.2, 0.25) is 0 Å². The van der Waals surface area contributed by atoms with Crippen molar-refractivity contribution in [2.45, 2.75) is 44.2 Å². The van der Waals surface area contributed by atoms with E-state index in [-0.39, 0.29) is 5.56 Å². The third kappa shape index (κ3) is 6.16. The van der Waals surface area contributed by atoms with Crippen LogP contribution in [0.4, 0.5) is 17.6 Å². The van der Waals surface area contributed by atoms with E-state index in [4.69, 9.17) is 8.92 Å². The summed E-state index contributed by atoms with van der Waals surface area (Å²) in [4.78, 5) is 2.05. The van der Waals surface area contributed by atoms with Gasteiger partial charge in [-0.3, -0.25) is 4.90 Å². The van der Waals surface area contributed by atoms with E-state index < -0.39 is 39.2 Å². The quantitative estimate of drug-likeness (QED) is 0.183. The van der Waals surface area contributed by atoms with Crippen molar-refractivity contribution < 1.29 is 34.9 Å². The Balaban J connectivity index is 2.18. The number of halogens is 4. The fraction of sp³-hybridized carbons (Fsp3) is 0.440. The fourth-order valence-corrected chi connectivity index (χ4v) is 4.64. The Labute approximate surface area is 203 Å². The molecule has 192 valence electrons. The van der Waals surface area contributed by atoms with E-state index in [0.717, 1.165) is 12.8 Å². The van der Waals surface area contributed by atoms with Crippen LogP contribution in [-0.2, 0) is 14.9 Å². The molecule has 35 heavy (non-hydrogen) atoms. The second-order valence-corrected chi connectivity index (χ2v) is 10.4. The predicted octanol–water partition coefficient (Wildman–Crippen LogP) is 6.14. The minimum absolute atomic E-state index is 0.234. The summed E-state index contributed by atoms with van der Waals surface area (Å²) in [6, 6.07) is 9.49. The molecule has 1 saturated heterocycles. The first-order valence-corrected chi connectivity index (χ1v) is 12.6. The molecular weight excluding hydrogens is 486 g/mol. The molecule has 0 bridgehead atoms. The third-order valence-corrected chi connectivity index (χ3v) is 7.40. The summed E-state index contributed by atoms with van der Waals surface area (Å²) >= 11 is 0. The Kier molecular flexibility index (Phi) is 8.16. The monoisotopic (exact) mass is 515 g/mol. The SMILES string of the molecule is C=C(OC)C(C)c1ccc(C(c2ccc(F)cc2)N2CCC(C)CC2)c(OS(=O)(=O)C(F)(F)F)c1. The van der Waals surface area contributed by atoms with Crippen molar-refractivity contribution in [2.24, 2.45) is 5.92 Å². The lowest BCUT2D eigenvalue weighted by Crippen LogP contribution is -2.37. The average Bonchev–Trinajstić information content (AvgIpc) is 2.80. The summed E-state index contributed by atoms with van der Waals surface area (Å²) in [5, 5.41) is 0. The fourth-order valence-electron chi connectivity index (χ4n) is 4.17. The van der Waals surface area contributed by atoms with E-state index in [0.29, 0.717) is 35.9 Å².